The van der Waals surface area contributed by atoms with E-state index >= 15 is 0 Å². The minimum Gasteiger partial charge on any atom is -0.508 e. The molecule has 1 heterocycles. The van der Waals surface area contributed by atoms with Crippen LogP contribution in [0.1, 0.15) is 25.1 Å². The number of nitriles is 1. The van der Waals surface area contributed by atoms with E-state index in [9.17, 15) is 9.90 Å². The summed E-state index contributed by atoms with van der Waals surface area (Å²) >= 11 is 0. The predicted octanol–water partition coefficient (Wildman–Crippen LogP) is 3.59. The van der Waals surface area contributed by atoms with Crippen LogP contribution in [0, 0.1) is 11.3 Å². The second-order valence-electron chi connectivity index (χ2n) is 4.65. The number of phenolic OH excluding ortho intramolecular Hbond substituents is 1. The largest absolute Gasteiger partial charge is 0.508 e. The average Bonchev–Trinajstić information content (AvgIpc) is 2.67. The number of amides is 1. The van der Waals surface area contributed by atoms with E-state index in [2.05, 4.69) is 10.3 Å². The number of nitrogens with zero attached hydrogens (tertiary/aromatic N) is 2. The van der Waals surface area contributed by atoms with Crippen molar-refractivity contribution in [1.29, 1.82) is 5.26 Å². The average molecular weight is 335 g/mol. The van der Waals surface area contributed by atoms with E-state index in [1.165, 1.54) is 6.08 Å². The Bertz CT molecular complexity index is 758. The van der Waals surface area contributed by atoms with Gasteiger partial charge in [-0.2, -0.15) is 5.26 Å². The first kappa shape index (κ1) is 19.7. The second-order valence-corrected chi connectivity index (χ2v) is 4.65. The van der Waals surface area contributed by atoms with Gasteiger partial charge in [0.2, 0.25) is 0 Å². The van der Waals surface area contributed by atoms with Gasteiger partial charge in [0.1, 0.15) is 17.4 Å². The second kappa shape index (κ2) is 11.2. The Kier molecular flexibility index (Phi) is 8.80. The van der Waals surface area contributed by atoms with Gasteiger partial charge in [-0.15, -0.1) is 0 Å². The number of hydrogen-bond donors (Lipinski definition) is 2. The van der Waals surface area contributed by atoms with Crippen molar-refractivity contribution in [3.8, 4) is 11.8 Å². The molecule has 25 heavy (non-hydrogen) atoms. The van der Waals surface area contributed by atoms with Crippen LogP contribution in [0.4, 0.5) is 0 Å². The first-order valence-corrected chi connectivity index (χ1v) is 7.94. The van der Waals surface area contributed by atoms with Crippen molar-refractivity contribution in [2.75, 3.05) is 0 Å². The number of phenols is 1. The topological polar surface area (TPSA) is 86.0 Å². The van der Waals surface area contributed by atoms with Gasteiger partial charge in [0, 0.05) is 6.20 Å². The first-order valence-electron chi connectivity index (χ1n) is 7.94. The normalized spacial score (nSPS) is 10.5. The number of aromatic nitrogens is 1. The molecule has 1 amide bonds. The van der Waals surface area contributed by atoms with Crippen molar-refractivity contribution >= 4 is 12.0 Å². The number of carbonyl (C=O) groups is 1. The lowest BCUT2D eigenvalue weighted by molar-refractivity contribution is -0.117. The van der Waals surface area contributed by atoms with Crippen LogP contribution in [0.5, 0.6) is 5.75 Å². The lowest BCUT2D eigenvalue weighted by atomic mass is 10.2. The highest BCUT2D eigenvalue weighted by molar-refractivity contribution is 5.97. The molecule has 5 nitrogen and oxygen atoms in total. The number of pyridine rings is 1. The fraction of sp³-hybridized carbons (Fsp3) is 0.150. The molecule has 0 aliphatic rings. The van der Waals surface area contributed by atoms with E-state index in [1.54, 1.807) is 54.7 Å². The molecule has 1 aromatic heterocycles. The molecule has 0 aliphatic heterocycles. The van der Waals surface area contributed by atoms with Crippen molar-refractivity contribution in [2.24, 2.45) is 0 Å². The van der Waals surface area contributed by atoms with E-state index in [1.807, 2.05) is 26.0 Å². The predicted molar refractivity (Wildman–Crippen MR) is 98.3 cm³/mol. The zero-order valence-corrected chi connectivity index (χ0v) is 14.3. The zero-order valence-electron chi connectivity index (χ0n) is 14.3. The van der Waals surface area contributed by atoms with Crippen molar-refractivity contribution in [3.05, 3.63) is 77.6 Å². The van der Waals surface area contributed by atoms with Crippen LogP contribution in [0.25, 0.3) is 6.08 Å². The molecule has 0 unspecified atom stereocenters. The molecular weight excluding hydrogens is 314 g/mol. The Labute approximate surface area is 148 Å². The third-order valence-electron chi connectivity index (χ3n) is 2.97. The molecular formula is C20H21N3O2. The molecule has 128 valence electrons. The Morgan fingerprint density at radius 1 is 1.24 bits per heavy atom. The van der Waals surface area contributed by atoms with Gasteiger partial charge in [-0.1, -0.05) is 44.2 Å². The van der Waals surface area contributed by atoms with E-state index in [0.717, 1.165) is 11.3 Å². The zero-order chi connectivity index (χ0) is 18.5. The van der Waals surface area contributed by atoms with Gasteiger partial charge in [-0.25, -0.2) is 0 Å². The van der Waals surface area contributed by atoms with Gasteiger partial charge < -0.3 is 10.4 Å². The Morgan fingerprint density at radius 3 is 2.56 bits per heavy atom. The number of nitrogens with one attached hydrogen (secondary N) is 1. The minimum atomic E-state index is -0.450. The molecule has 5 heteroatoms. The molecule has 2 rings (SSSR count). The summed E-state index contributed by atoms with van der Waals surface area (Å²) in [5.41, 5.74) is 1.58. The molecule has 0 bridgehead atoms. The lowest BCUT2D eigenvalue weighted by Crippen LogP contribution is -2.24. The smallest absolute Gasteiger partial charge is 0.262 e. The van der Waals surface area contributed by atoms with Crippen LogP contribution < -0.4 is 5.32 Å². The fourth-order valence-electron chi connectivity index (χ4n) is 1.77. The van der Waals surface area contributed by atoms with Gasteiger partial charge in [0.25, 0.3) is 5.91 Å². The van der Waals surface area contributed by atoms with Gasteiger partial charge in [0.05, 0.1) is 12.2 Å². The molecule has 0 saturated heterocycles. The first-order chi connectivity index (χ1) is 12.2. The molecule has 2 aromatic rings. The summed E-state index contributed by atoms with van der Waals surface area (Å²) < 4.78 is 0. The summed E-state index contributed by atoms with van der Waals surface area (Å²) in [6, 6.07) is 13.9. The van der Waals surface area contributed by atoms with E-state index in [4.69, 9.17) is 5.26 Å². The van der Waals surface area contributed by atoms with Gasteiger partial charge in [-0.3, -0.25) is 9.78 Å². The highest BCUT2D eigenvalue weighted by Crippen LogP contribution is 2.11. The van der Waals surface area contributed by atoms with Crippen molar-refractivity contribution < 1.29 is 9.90 Å². The van der Waals surface area contributed by atoms with Crippen LogP contribution >= 0.6 is 0 Å². The number of rotatable bonds is 5. The van der Waals surface area contributed by atoms with Crippen LogP contribution in [-0.4, -0.2) is 16.0 Å². The van der Waals surface area contributed by atoms with E-state index in [0.29, 0.717) is 0 Å². The SMILES string of the molecule is CC.N#C/C(=C\C=C\c1ccc(O)cc1)C(=O)NCc1ccccn1. The highest BCUT2D eigenvalue weighted by Gasteiger charge is 2.07. The van der Waals surface area contributed by atoms with Crippen molar-refractivity contribution in [1.82, 2.24) is 10.3 Å². The van der Waals surface area contributed by atoms with Crippen LogP contribution in [0.15, 0.2) is 66.4 Å². The van der Waals surface area contributed by atoms with Gasteiger partial charge >= 0.3 is 0 Å². The van der Waals surface area contributed by atoms with E-state index < -0.39 is 5.91 Å². The number of benzene rings is 1. The molecule has 0 spiro atoms. The Morgan fingerprint density at radius 2 is 1.96 bits per heavy atom. The standard InChI is InChI=1S/C18H15N3O2.C2H6/c19-12-15(5-3-4-14-7-9-17(22)10-8-14)18(23)21-13-16-6-1-2-11-20-16;1-2/h1-11,22H,13H2,(H,21,23);1-2H3/b4-3+,15-5+;. The summed E-state index contributed by atoms with van der Waals surface area (Å²) in [7, 11) is 0. The third-order valence-corrected chi connectivity index (χ3v) is 2.97. The molecule has 0 atom stereocenters. The van der Waals surface area contributed by atoms with Crippen LogP contribution in [0.2, 0.25) is 0 Å². The third kappa shape index (κ3) is 7.14. The van der Waals surface area contributed by atoms with E-state index in [-0.39, 0.29) is 17.9 Å². The Balaban J connectivity index is 0.00000151. The number of aromatic hydroxyl groups is 1. The fourth-order valence-corrected chi connectivity index (χ4v) is 1.77. The van der Waals surface area contributed by atoms with Gasteiger partial charge in [-0.05, 0) is 35.9 Å². The summed E-state index contributed by atoms with van der Waals surface area (Å²) in [6.07, 6.45) is 6.44. The molecule has 2 N–H and O–H groups in total. The monoisotopic (exact) mass is 335 g/mol. The molecule has 1 aromatic carbocycles. The molecule has 0 aliphatic carbocycles. The quantitative estimate of drug-likeness (QED) is 0.497. The van der Waals surface area contributed by atoms with Crippen molar-refractivity contribution in [3.63, 3.8) is 0 Å². The Hall–Kier alpha value is -3.39. The maximum atomic E-state index is 11.9. The summed E-state index contributed by atoms with van der Waals surface area (Å²) in [5, 5.41) is 20.9. The summed E-state index contributed by atoms with van der Waals surface area (Å²) in [6.45, 7) is 4.26. The number of allylic oxidation sites excluding steroid dienone is 2. The minimum absolute atomic E-state index is 0.0101. The summed E-state index contributed by atoms with van der Waals surface area (Å²) in [4.78, 5) is 16.0. The highest BCUT2D eigenvalue weighted by atomic mass is 16.3. The molecule has 0 saturated carbocycles. The maximum absolute atomic E-state index is 11.9. The van der Waals surface area contributed by atoms with Crippen LogP contribution in [-0.2, 0) is 11.3 Å². The maximum Gasteiger partial charge on any atom is 0.262 e. The number of carbonyl (C=O) groups excluding carboxylic acids is 1. The molecule has 0 fully saturated rings. The lowest BCUT2D eigenvalue weighted by Gasteiger charge is -2.02. The number of hydrogen-bond acceptors (Lipinski definition) is 4. The van der Waals surface area contributed by atoms with Crippen LogP contribution in [0.3, 0.4) is 0 Å². The summed E-state index contributed by atoms with van der Waals surface area (Å²) in [5.74, 6) is -0.266. The van der Waals surface area contributed by atoms with Crippen molar-refractivity contribution in [2.45, 2.75) is 20.4 Å². The molecule has 0 radical (unpaired) electrons. The van der Waals surface area contributed by atoms with Gasteiger partial charge in [0.15, 0.2) is 0 Å².